The third-order valence-electron chi connectivity index (χ3n) is 4.43. The molecule has 8 heteroatoms. The van der Waals surface area contributed by atoms with E-state index < -0.39 is 23.8 Å². The molecule has 2 aromatic carbocycles. The summed E-state index contributed by atoms with van der Waals surface area (Å²) in [4.78, 5) is 24.8. The quantitative estimate of drug-likeness (QED) is 0.574. The molecule has 0 radical (unpaired) electrons. The van der Waals surface area contributed by atoms with Crippen molar-refractivity contribution >= 4 is 28.5 Å². The van der Waals surface area contributed by atoms with Gasteiger partial charge in [-0.05, 0) is 31.2 Å². The average molecular weight is 365 g/mol. The smallest absolute Gasteiger partial charge is 0.319 e. The van der Waals surface area contributed by atoms with Gasteiger partial charge in [0.15, 0.2) is 0 Å². The molecule has 4 rings (SSSR count). The number of H-pyrrole nitrogens is 1. The van der Waals surface area contributed by atoms with E-state index >= 15 is 0 Å². The Balaban J connectivity index is 1.69. The van der Waals surface area contributed by atoms with Crippen molar-refractivity contribution in [2.24, 2.45) is 0 Å². The summed E-state index contributed by atoms with van der Waals surface area (Å²) in [6, 6.07) is 9.98. The predicted octanol–water partition coefficient (Wildman–Crippen LogP) is 2.97. The van der Waals surface area contributed by atoms with Gasteiger partial charge in [0.2, 0.25) is 0 Å². The number of benzene rings is 2. The van der Waals surface area contributed by atoms with Crippen molar-refractivity contribution in [2.45, 2.75) is 13.0 Å². The van der Waals surface area contributed by atoms with Crippen LogP contribution < -0.4 is 16.0 Å². The number of nitrogens with zero attached hydrogens (tertiary/aromatic N) is 1. The fourth-order valence-corrected chi connectivity index (χ4v) is 3.16. The first kappa shape index (κ1) is 16.8. The number of nitrogens with one attached hydrogen (secondary N) is 4. The Morgan fingerprint density at radius 2 is 2.04 bits per heavy atom. The number of urea groups is 1. The van der Waals surface area contributed by atoms with E-state index in [1.54, 1.807) is 49.5 Å². The maximum atomic E-state index is 14.3. The molecule has 0 bridgehead atoms. The molecule has 0 fully saturated rings. The highest BCUT2D eigenvalue weighted by Crippen LogP contribution is 2.29. The number of carbonyl (C=O) groups excluding carboxylic acids is 2. The van der Waals surface area contributed by atoms with Gasteiger partial charge in [-0.2, -0.15) is 5.10 Å². The molecule has 0 saturated heterocycles. The SMILES string of the molecule is CC1=C(C(=O)Nc2ccc3[nH]ncc3c2)C(c2ccccc2F)NC(=O)N1. The Hall–Kier alpha value is -3.68. The van der Waals surface area contributed by atoms with Crippen molar-refractivity contribution in [1.82, 2.24) is 20.8 Å². The first-order chi connectivity index (χ1) is 13.0. The fourth-order valence-electron chi connectivity index (χ4n) is 3.16. The molecule has 3 amide bonds. The number of amides is 3. The summed E-state index contributed by atoms with van der Waals surface area (Å²) in [6.07, 6.45) is 1.65. The lowest BCUT2D eigenvalue weighted by molar-refractivity contribution is -0.113. The molecule has 4 N–H and O–H groups in total. The van der Waals surface area contributed by atoms with Gasteiger partial charge in [-0.3, -0.25) is 9.89 Å². The third-order valence-corrected chi connectivity index (χ3v) is 4.43. The molecule has 1 aromatic heterocycles. The van der Waals surface area contributed by atoms with Crippen molar-refractivity contribution in [1.29, 1.82) is 0 Å². The van der Waals surface area contributed by atoms with Gasteiger partial charge in [0.25, 0.3) is 5.91 Å². The van der Waals surface area contributed by atoms with Crippen LogP contribution in [0.1, 0.15) is 18.5 Å². The monoisotopic (exact) mass is 365 g/mol. The van der Waals surface area contributed by atoms with Gasteiger partial charge < -0.3 is 16.0 Å². The highest BCUT2D eigenvalue weighted by Gasteiger charge is 2.32. The summed E-state index contributed by atoms with van der Waals surface area (Å²) >= 11 is 0. The first-order valence-electron chi connectivity index (χ1n) is 8.30. The van der Waals surface area contributed by atoms with Gasteiger partial charge in [0.05, 0.1) is 23.3 Å². The number of allylic oxidation sites excluding steroid dienone is 1. The van der Waals surface area contributed by atoms with Crippen LogP contribution in [0.5, 0.6) is 0 Å². The van der Waals surface area contributed by atoms with Crippen LogP contribution in [0.15, 0.2) is 59.9 Å². The van der Waals surface area contributed by atoms with Gasteiger partial charge in [0.1, 0.15) is 5.82 Å². The second-order valence-corrected chi connectivity index (χ2v) is 6.22. The maximum Gasteiger partial charge on any atom is 0.319 e. The molecule has 136 valence electrons. The van der Waals surface area contributed by atoms with Crippen molar-refractivity contribution in [3.8, 4) is 0 Å². The zero-order valence-corrected chi connectivity index (χ0v) is 14.3. The van der Waals surface area contributed by atoms with Gasteiger partial charge in [-0.15, -0.1) is 0 Å². The van der Waals surface area contributed by atoms with E-state index in [9.17, 15) is 14.0 Å². The molecule has 1 unspecified atom stereocenters. The number of aromatic nitrogens is 2. The first-order valence-corrected chi connectivity index (χ1v) is 8.30. The average Bonchev–Trinajstić information content (AvgIpc) is 3.09. The van der Waals surface area contributed by atoms with Crippen LogP contribution in [-0.4, -0.2) is 22.1 Å². The number of anilines is 1. The lowest BCUT2D eigenvalue weighted by Crippen LogP contribution is -2.46. The van der Waals surface area contributed by atoms with E-state index in [2.05, 4.69) is 26.1 Å². The minimum atomic E-state index is -0.891. The van der Waals surface area contributed by atoms with E-state index in [1.165, 1.54) is 6.07 Å². The number of carbonyl (C=O) groups is 2. The molecular formula is C19H16FN5O2. The Kier molecular flexibility index (Phi) is 4.08. The van der Waals surface area contributed by atoms with Gasteiger partial charge in [-0.25, -0.2) is 9.18 Å². The summed E-state index contributed by atoms with van der Waals surface area (Å²) in [5.41, 5.74) is 2.25. The van der Waals surface area contributed by atoms with E-state index in [-0.39, 0.29) is 11.1 Å². The summed E-state index contributed by atoms with van der Waals surface area (Å²) in [5, 5.41) is 15.6. The predicted molar refractivity (Wildman–Crippen MR) is 98.2 cm³/mol. The summed E-state index contributed by atoms with van der Waals surface area (Å²) in [5.74, 6) is -0.932. The molecular weight excluding hydrogens is 349 g/mol. The van der Waals surface area contributed by atoms with Crippen LogP contribution in [0.25, 0.3) is 10.9 Å². The van der Waals surface area contributed by atoms with Crippen molar-refractivity contribution in [3.05, 3.63) is 71.3 Å². The molecule has 0 saturated carbocycles. The Bertz CT molecular complexity index is 1090. The highest BCUT2D eigenvalue weighted by atomic mass is 19.1. The third kappa shape index (κ3) is 3.12. The number of hydrogen-bond acceptors (Lipinski definition) is 3. The van der Waals surface area contributed by atoms with Gasteiger partial charge in [-0.1, -0.05) is 18.2 Å². The largest absolute Gasteiger partial charge is 0.327 e. The molecule has 27 heavy (non-hydrogen) atoms. The van der Waals surface area contributed by atoms with E-state index in [0.717, 1.165) is 10.9 Å². The zero-order valence-electron chi connectivity index (χ0n) is 14.3. The van der Waals surface area contributed by atoms with E-state index in [4.69, 9.17) is 0 Å². The Morgan fingerprint density at radius 1 is 1.22 bits per heavy atom. The van der Waals surface area contributed by atoms with Crippen molar-refractivity contribution < 1.29 is 14.0 Å². The van der Waals surface area contributed by atoms with Gasteiger partial charge in [0, 0.05) is 22.3 Å². The van der Waals surface area contributed by atoms with Crippen LogP contribution in [0, 0.1) is 5.82 Å². The molecule has 1 atom stereocenters. The molecule has 0 aliphatic carbocycles. The molecule has 7 nitrogen and oxygen atoms in total. The lowest BCUT2D eigenvalue weighted by Gasteiger charge is -2.28. The number of aromatic amines is 1. The fraction of sp³-hybridized carbons (Fsp3) is 0.105. The van der Waals surface area contributed by atoms with Crippen LogP contribution in [0.2, 0.25) is 0 Å². The second-order valence-electron chi connectivity index (χ2n) is 6.22. The maximum absolute atomic E-state index is 14.3. The van der Waals surface area contributed by atoms with Crippen LogP contribution in [0.4, 0.5) is 14.9 Å². The van der Waals surface area contributed by atoms with Crippen LogP contribution in [0.3, 0.4) is 0 Å². The highest BCUT2D eigenvalue weighted by molar-refractivity contribution is 6.07. The topological polar surface area (TPSA) is 98.9 Å². The number of halogens is 1. The van der Waals surface area contributed by atoms with E-state index in [1.807, 2.05) is 0 Å². The minimum Gasteiger partial charge on any atom is -0.327 e. The summed E-state index contributed by atoms with van der Waals surface area (Å²) < 4.78 is 14.3. The molecule has 1 aliphatic heterocycles. The van der Waals surface area contributed by atoms with Crippen molar-refractivity contribution in [3.63, 3.8) is 0 Å². The lowest BCUT2D eigenvalue weighted by atomic mass is 9.94. The van der Waals surface area contributed by atoms with Crippen LogP contribution >= 0.6 is 0 Å². The number of fused-ring (bicyclic) bond motifs is 1. The minimum absolute atomic E-state index is 0.224. The van der Waals surface area contributed by atoms with E-state index in [0.29, 0.717) is 11.4 Å². The standard InChI is InChI=1S/C19H16FN5O2/c1-10-16(17(24-19(27)22-10)13-4-2-3-5-14(13)20)18(26)23-12-6-7-15-11(8-12)9-21-25-15/h2-9,17H,1H3,(H,21,25)(H,23,26)(H2,22,24,27). The molecule has 0 spiro atoms. The Labute approximate surface area is 153 Å². The molecule has 3 aromatic rings. The summed E-state index contributed by atoms with van der Waals surface area (Å²) in [6.45, 7) is 1.61. The Morgan fingerprint density at radius 3 is 2.85 bits per heavy atom. The van der Waals surface area contributed by atoms with Crippen molar-refractivity contribution in [2.75, 3.05) is 5.32 Å². The summed E-state index contributed by atoms with van der Waals surface area (Å²) in [7, 11) is 0. The number of hydrogen-bond donors (Lipinski definition) is 4. The normalized spacial score (nSPS) is 16.8. The molecule has 1 aliphatic rings. The zero-order chi connectivity index (χ0) is 19.0. The number of rotatable bonds is 3. The van der Waals surface area contributed by atoms with Gasteiger partial charge >= 0.3 is 6.03 Å². The second kappa shape index (κ2) is 6.56. The molecule has 2 heterocycles. The van der Waals surface area contributed by atoms with Crippen LogP contribution in [-0.2, 0) is 4.79 Å².